The molecule has 1 aliphatic carbocycles. The molecule has 1 fully saturated rings. The molecule has 1 saturated carbocycles. The van der Waals surface area contributed by atoms with Crippen molar-refractivity contribution in [3.8, 4) is 0 Å². The van der Waals surface area contributed by atoms with E-state index in [-0.39, 0.29) is 12.1 Å². The van der Waals surface area contributed by atoms with Gasteiger partial charge in [0.2, 0.25) is 10.0 Å². The summed E-state index contributed by atoms with van der Waals surface area (Å²) in [5.41, 5.74) is 6.86. The van der Waals surface area contributed by atoms with E-state index in [1.54, 1.807) is 18.2 Å². The van der Waals surface area contributed by atoms with Crippen molar-refractivity contribution in [2.24, 2.45) is 11.7 Å². The molecule has 0 aliphatic heterocycles. The van der Waals surface area contributed by atoms with Crippen LogP contribution < -0.4 is 10.5 Å². The Morgan fingerprint density at radius 1 is 1.33 bits per heavy atom. The third-order valence-electron chi connectivity index (χ3n) is 4.48. The number of sulfonamides is 1. The first kappa shape index (κ1) is 16.5. The lowest BCUT2D eigenvalue weighted by atomic mass is 10.0. The molecule has 0 radical (unpaired) electrons. The fraction of sp³-hybridized carbons (Fsp3) is 0.625. The molecule has 21 heavy (non-hydrogen) atoms. The second-order valence-electron chi connectivity index (χ2n) is 6.04. The monoisotopic (exact) mass is 310 g/mol. The Bertz CT molecular complexity index is 565. The average molecular weight is 310 g/mol. The first-order valence-corrected chi connectivity index (χ1v) is 9.30. The summed E-state index contributed by atoms with van der Waals surface area (Å²) in [6, 6.07) is 6.84. The molecular weight excluding hydrogens is 284 g/mol. The van der Waals surface area contributed by atoms with Crippen LogP contribution in [-0.2, 0) is 10.0 Å². The highest BCUT2D eigenvalue weighted by atomic mass is 32.2. The minimum absolute atomic E-state index is 0.0130. The Labute approximate surface area is 128 Å². The second kappa shape index (κ2) is 6.90. The summed E-state index contributed by atoms with van der Waals surface area (Å²) in [5, 5.41) is 0. The van der Waals surface area contributed by atoms with E-state index in [1.807, 2.05) is 19.9 Å². The molecule has 0 amide bonds. The van der Waals surface area contributed by atoms with Crippen molar-refractivity contribution in [3.05, 3.63) is 29.8 Å². The van der Waals surface area contributed by atoms with Gasteiger partial charge in [-0.05, 0) is 49.8 Å². The third kappa shape index (κ3) is 4.05. The zero-order chi connectivity index (χ0) is 15.5. The van der Waals surface area contributed by atoms with E-state index in [2.05, 4.69) is 4.72 Å². The lowest BCUT2D eigenvalue weighted by molar-refractivity contribution is 0.424. The SMILES string of the molecule is CCC(N)c1cccc(S(=O)(=O)NC(C)C2CCCC2)c1. The second-order valence-corrected chi connectivity index (χ2v) is 7.76. The summed E-state index contributed by atoms with van der Waals surface area (Å²) in [7, 11) is -3.47. The largest absolute Gasteiger partial charge is 0.324 e. The fourth-order valence-electron chi connectivity index (χ4n) is 3.01. The maximum atomic E-state index is 12.5. The molecule has 0 spiro atoms. The van der Waals surface area contributed by atoms with Crippen LogP contribution in [0.15, 0.2) is 29.2 Å². The van der Waals surface area contributed by atoms with Crippen LogP contribution >= 0.6 is 0 Å². The number of hydrogen-bond acceptors (Lipinski definition) is 3. The molecule has 0 bridgehead atoms. The van der Waals surface area contributed by atoms with Gasteiger partial charge in [-0.3, -0.25) is 0 Å². The van der Waals surface area contributed by atoms with Crippen molar-refractivity contribution < 1.29 is 8.42 Å². The zero-order valence-electron chi connectivity index (χ0n) is 12.9. The Morgan fingerprint density at radius 2 is 2.00 bits per heavy atom. The van der Waals surface area contributed by atoms with Gasteiger partial charge in [-0.15, -0.1) is 0 Å². The molecule has 2 atom stereocenters. The molecule has 2 unspecified atom stereocenters. The van der Waals surface area contributed by atoms with Gasteiger partial charge >= 0.3 is 0 Å². The summed E-state index contributed by atoms with van der Waals surface area (Å²) in [4.78, 5) is 0.314. The van der Waals surface area contributed by atoms with E-state index in [0.29, 0.717) is 10.8 Å². The minimum atomic E-state index is -3.47. The molecule has 1 aliphatic rings. The Balaban J connectivity index is 2.15. The van der Waals surface area contributed by atoms with Gasteiger partial charge in [0.1, 0.15) is 0 Å². The van der Waals surface area contributed by atoms with E-state index in [1.165, 1.54) is 12.8 Å². The number of nitrogens with one attached hydrogen (secondary N) is 1. The predicted molar refractivity (Wildman–Crippen MR) is 85.4 cm³/mol. The molecule has 1 aromatic rings. The van der Waals surface area contributed by atoms with Gasteiger partial charge in [-0.1, -0.05) is 31.9 Å². The molecule has 1 aromatic carbocycles. The van der Waals surface area contributed by atoms with E-state index >= 15 is 0 Å². The van der Waals surface area contributed by atoms with Crippen LogP contribution in [0, 0.1) is 5.92 Å². The van der Waals surface area contributed by atoms with E-state index < -0.39 is 10.0 Å². The molecule has 118 valence electrons. The van der Waals surface area contributed by atoms with Gasteiger partial charge in [0, 0.05) is 12.1 Å². The number of benzene rings is 1. The predicted octanol–water partition coefficient (Wildman–Crippen LogP) is 2.95. The fourth-order valence-corrected chi connectivity index (χ4v) is 4.38. The van der Waals surface area contributed by atoms with Gasteiger partial charge in [-0.25, -0.2) is 13.1 Å². The van der Waals surface area contributed by atoms with Gasteiger partial charge in [0.05, 0.1) is 4.90 Å². The van der Waals surface area contributed by atoms with Gasteiger partial charge in [0.15, 0.2) is 0 Å². The summed E-state index contributed by atoms with van der Waals surface area (Å²) >= 11 is 0. The van der Waals surface area contributed by atoms with Gasteiger partial charge < -0.3 is 5.73 Å². The van der Waals surface area contributed by atoms with E-state index in [9.17, 15) is 8.42 Å². The lowest BCUT2D eigenvalue weighted by Crippen LogP contribution is -2.37. The Hall–Kier alpha value is -0.910. The van der Waals surface area contributed by atoms with Crippen LogP contribution in [0.3, 0.4) is 0 Å². The van der Waals surface area contributed by atoms with E-state index in [0.717, 1.165) is 24.8 Å². The number of hydrogen-bond donors (Lipinski definition) is 2. The van der Waals surface area contributed by atoms with Crippen LogP contribution in [0.1, 0.15) is 57.6 Å². The number of nitrogens with two attached hydrogens (primary N) is 1. The maximum absolute atomic E-state index is 12.5. The Morgan fingerprint density at radius 3 is 2.62 bits per heavy atom. The van der Waals surface area contributed by atoms with Crippen LogP contribution in [0.25, 0.3) is 0 Å². The quantitative estimate of drug-likeness (QED) is 0.848. The minimum Gasteiger partial charge on any atom is -0.324 e. The molecule has 0 aromatic heterocycles. The highest BCUT2D eigenvalue weighted by molar-refractivity contribution is 7.89. The van der Waals surface area contributed by atoms with Crippen molar-refractivity contribution in [2.45, 2.75) is 62.9 Å². The van der Waals surface area contributed by atoms with Crippen LogP contribution in [0.2, 0.25) is 0 Å². The van der Waals surface area contributed by atoms with Crippen LogP contribution in [0.5, 0.6) is 0 Å². The molecule has 0 heterocycles. The third-order valence-corrected chi connectivity index (χ3v) is 6.04. The number of rotatable bonds is 6. The average Bonchev–Trinajstić information content (AvgIpc) is 3.00. The van der Waals surface area contributed by atoms with E-state index in [4.69, 9.17) is 5.73 Å². The lowest BCUT2D eigenvalue weighted by Gasteiger charge is -2.20. The van der Waals surface area contributed by atoms with Crippen molar-refractivity contribution in [2.75, 3.05) is 0 Å². The zero-order valence-corrected chi connectivity index (χ0v) is 13.7. The molecule has 5 heteroatoms. The highest BCUT2D eigenvalue weighted by Gasteiger charge is 2.26. The highest BCUT2D eigenvalue weighted by Crippen LogP contribution is 2.28. The normalized spacial score (nSPS) is 19.6. The van der Waals surface area contributed by atoms with Crippen molar-refractivity contribution in [1.82, 2.24) is 4.72 Å². The molecule has 4 nitrogen and oxygen atoms in total. The van der Waals surface area contributed by atoms with Crippen molar-refractivity contribution in [1.29, 1.82) is 0 Å². The first-order chi connectivity index (χ1) is 9.94. The molecule has 2 rings (SSSR count). The summed E-state index contributed by atoms with van der Waals surface area (Å²) in [5.74, 6) is 0.459. The smallest absolute Gasteiger partial charge is 0.240 e. The van der Waals surface area contributed by atoms with Gasteiger partial charge in [0.25, 0.3) is 0 Å². The topological polar surface area (TPSA) is 72.2 Å². The summed E-state index contributed by atoms with van der Waals surface area (Å²) in [6.45, 7) is 3.96. The van der Waals surface area contributed by atoms with Crippen LogP contribution in [0.4, 0.5) is 0 Å². The Kier molecular flexibility index (Phi) is 5.41. The molecule has 3 N–H and O–H groups in total. The summed E-state index contributed by atoms with van der Waals surface area (Å²) < 4.78 is 27.9. The molecule has 0 saturated heterocycles. The van der Waals surface area contributed by atoms with Crippen molar-refractivity contribution >= 4 is 10.0 Å². The first-order valence-electron chi connectivity index (χ1n) is 7.82. The van der Waals surface area contributed by atoms with Gasteiger partial charge in [-0.2, -0.15) is 0 Å². The van der Waals surface area contributed by atoms with Crippen LogP contribution in [-0.4, -0.2) is 14.5 Å². The standard InChI is InChI=1S/C16H26N2O2S/c1-3-16(17)14-9-6-10-15(11-14)21(19,20)18-12(2)13-7-4-5-8-13/h6,9-13,16,18H,3-5,7-8,17H2,1-2H3. The molecular formula is C16H26N2O2S. The maximum Gasteiger partial charge on any atom is 0.240 e. The summed E-state index contributed by atoms with van der Waals surface area (Å²) in [6.07, 6.45) is 5.43. The van der Waals surface area contributed by atoms with Crippen molar-refractivity contribution in [3.63, 3.8) is 0 Å².